The molecule has 54 valence electrons. The van der Waals surface area contributed by atoms with Gasteiger partial charge in [0.15, 0.2) is 5.69 Å². The van der Waals surface area contributed by atoms with Crippen LogP contribution in [0.5, 0.6) is 0 Å². The van der Waals surface area contributed by atoms with E-state index in [4.69, 9.17) is 10.2 Å². The molecule has 1 heterocycles. The first-order chi connectivity index (χ1) is 4.75. The second-order valence-corrected chi connectivity index (χ2v) is 2.53. The summed E-state index contributed by atoms with van der Waals surface area (Å²) < 4.78 is 0. The van der Waals surface area contributed by atoms with E-state index in [1.807, 2.05) is 0 Å². The average molecular weight is 159 g/mol. The highest BCUT2D eigenvalue weighted by Crippen LogP contribution is 2.12. The molecule has 0 bridgehead atoms. The first-order valence-electron chi connectivity index (χ1n) is 2.52. The molecule has 0 atom stereocenters. The van der Waals surface area contributed by atoms with Gasteiger partial charge in [0.25, 0.3) is 0 Å². The average Bonchev–Trinajstić information content (AvgIpc) is 2.33. The number of aromatic nitrogens is 1. The number of aromatic carboxylic acids is 1. The molecule has 1 rings (SSSR count). The molecular formula is C5H5NO3S. The highest BCUT2D eigenvalue weighted by molar-refractivity contribution is 7.09. The Hall–Kier alpha value is -0.940. The number of hydrogen-bond donors (Lipinski definition) is 2. The van der Waals surface area contributed by atoms with Crippen molar-refractivity contribution < 1.29 is 15.0 Å². The molecule has 0 saturated carbocycles. The Balaban J connectivity index is 3.01. The van der Waals surface area contributed by atoms with E-state index in [9.17, 15) is 4.79 Å². The van der Waals surface area contributed by atoms with Crippen LogP contribution >= 0.6 is 11.3 Å². The van der Waals surface area contributed by atoms with Crippen molar-refractivity contribution >= 4 is 17.3 Å². The van der Waals surface area contributed by atoms with Crippen LogP contribution in [0.3, 0.4) is 0 Å². The molecular weight excluding hydrogens is 154 g/mol. The maximum Gasteiger partial charge on any atom is 0.355 e. The van der Waals surface area contributed by atoms with E-state index in [-0.39, 0.29) is 12.3 Å². The van der Waals surface area contributed by atoms with Gasteiger partial charge in [-0.25, -0.2) is 9.78 Å². The lowest BCUT2D eigenvalue weighted by Gasteiger charge is -1.89. The summed E-state index contributed by atoms with van der Waals surface area (Å²) >= 11 is 1.14. The van der Waals surface area contributed by atoms with Gasteiger partial charge in [0.2, 0.25) is 0 Å². The lowest BCUT2D eigenvalue weighted by Crippen LogP contribution is -2.00. The molecule has 0 unspecified atom stereocenters. The SMILES string of the molecule is O=C(O)c1ncsc1CO. The minimum Gasteiger partial charge on any atom is -0.476 e. The van der Waals surface area contributed by atoms with Crippen molar-refractivity contribution in [3.63, 3.8) is 0 Å². The van der Waals surface area contributed by atoms with Crippen LogP contribution in [0.1, 0.15) is 15.4 Å². The first-order valence-corrected chi connectivity index (χ1v) is 3.40. The lowest BCUT2D eigenvalue weighted by molar-refractivity contribution is 0.0688. The predicted molar refractivity (Wildman–Crippen MR) is 35.0 cm³/mol. The van der Waals surface area contributed by atoms with E-state index in [0.717, 1.165) is 11.3 Å². The smallest absolute Gasteiger partial charge is 0.355 e. The molecule has 2 N–H and O–H groups in total. The van der Waals surface area contributed by atoms with Crippen molar-refractivity contribution in [3.05, 3.63) is 16.1 Å². The number of carboxylic acid groups (broad SMARTS) is 1. The van der Waals surface area contributed by atoms with Crippen LogP contribution in [0, 0.1) is 0 Å². The van der Waals surface area contributed by atoms with Gasteiger partial charge in [-0.05, 0) is 0 Å². The van der Waals surface area contributed by atoms with E-state index < -0.39 is 5.97 Å². The topological polar surface area (TPSA) is 70.4 Å². The fraction of sp³-hybridized carbons (Fsp3) is 0.200. The number of carbonyl (C=O) groups is 1. The maximum absolute atomic E-state index is 10.3. The van der Waals surface area contributed by atoms with Crippen LogP contribution in [0.4, 0.5) is 0 Å². The molecule has 4 nitrogen and oxygen atoms in total. The van der Waals surface area contributed by atoms with Crippen LogP contribution in [-0.2, 0) is 6.61 Å². The number of aliphatic hydroxyl groups is 1. The van der Waals surface area contributed by atoms with Gasteiger partial charge in [0, 0.05) is 0 Å². The van der Waals surface area contributed by atoms with Gasteiger partial charge in [-0.1, -0.05) is 0 Å². The van der Waals surface area contributed by atoms with Crippen molar-refractivity contribution in [2.75, 3.05) is 0 Å². The third-order valence-electron chi connectivity index (χ3n) is 0.987. The van der Waals surface area contributed by atoms with Crippen molar-refractivity contribution in [1.29, 1.82) is 0 Å². The highest BCUT2D eigenvalue weighted by atomic mass is 32.1. The largest absolute Gasteiger partial charge is 0.476 e. The van der Waals surface area contributed by atoms with Crippen LogP contribution in [0.2, 0.25) is 0 Å². The number of carboxylic acids is 1. The predicted octanol–water partition coefficient (Wildman–Crippen LogP) is 0.334. The molecule has 1 aromatic heterocycles. The van der Waals surface area contributed by atoms with Crippen molar-refractivity contribution in [1.82, 2.24) is 4.98 Å². The lowest BCUT2D eigenvalue weighted by atomic mass is 10.4. The fourth-order valence-electron chi connectivity index (χ4n) is 0.557. The number of thiazole rings is 1. The minimum absolute atomic E-state index is 0.0486. The Kier molecular flexibility index (Phi) is 1.98. The molecule has 0 saturated heterocycles. The summed E-state index contributed by atoms with van der Waals surface area (Å²) in [4.78, 5) is 14.2. The van der Waals surface area contributed by atoms with E-state index in [0.29, 0.717) is 4.88 Å². The monoisotopic (exact) mass is 159 g/mol. The van der Waals surface area contributed by atoms with Gasteiger partial charge in [-0.3, -0.25) is 0 Å². The zero-order chi connectivity index (χ0) is 7.56. The second kappa shape index (κ2) is 2.76. The van der Waals surface area contributed by atoms with Crippen LogP contribution in [0.15, 0.2) is 5.51 Å². The Morgan fingerprint density at radius 2 is 2.50 bits per heavy atom. The van der Waals surface area contributed by atoms with Crippen molar-refractivity contribution in [3.8, 4) is 0 Å². The van der Waals surface area contributed by atoms with E-state index in [2.05, 4.69) is 4.98 Å². The summed E-state index contributed by atoms with van der Waals surface area (Å²) in [5.41, 5.74) is 1.35. The van der Waals surface area contributed by atoms with Crippen LogP contribution < -0.4 is 0 Å². The zero-order valence-corrected chi connectivity index (χ0v) is 5.76. The van der Waals surface area contributed by atoms with Crippen molar-refractivity contribution in [2.45, 2.75) is 6.61 Å². The van der Waals surface area contributed by atoms with E-state index in [1.165, 1.54) is 5.51 Å². The van der Waals surface area contributed by atoms with Gasteiger partial charge in [-0.15, -0.1) is 11.3 Å². The van der Waals surface area contributed by atoms with Gasteiger partial charge in [0.1, 0.15) is 0 Å². The molecule has 10 heavy (non-hydrogen) atoms. The summed E-state index contributed by atoms with van der Waals surface area (Å²) in [7, 11) is 0. The molecule has 0 aliphatic carbocycles. The maximum atomic E-state index is 10.3. The molecule has 0 aromatic carbocycles. The van der Waals surface area contributed by atoms with Gasteiger partial charge in [-0.2, -0.15) is 0 Å². The Morgan fingerprint density at radius 1 is 1.80 bits per heavy atom. The summed E-state index contributed by atoms with van der Waals surface area (Å²) in [6, 6.07) is 0. The molecule has 0 amide bonds. The molecule has 0 spiro atoms. The second-order valence-electron chi connectivity index (χ2n) is 1.59. The molecule has 0 radical (unpaired) electrons. The number of hydrogen-bond acceptors (Lipinski definition) is 4. The zero-order valence-electron chi connectivity index (χ0n) is 4.94. The summed E-state index contributed by atoms with van der Waals surface area (Å²) in [5.74, 6) is -1.09. The van der Waals surface area contributed by atoms with Gasteiger partial charge in [0.05, 0.1) is 17.0 Å². The van der Waals surface area contributed by atoms with Crippen LogP contribution in [0.25, 0.3) is 0 Å². The summed E-state index contributed by atoms with van der Waals surface area (Å²) in [5, 5.41) is 17.0. The highest BCUT2D eigenvalue weighted by Gasteiger charge is 2.11. The molecule has 0 aliphatic heterocycles. The summed E-state index contributed by atoms with van der Waals surface area (Å²) in [6.07, 6.45) is 0. The normalized spacial score (nSPS) is 9.70. The van der Waals surface area contributed by atoms with Crippen LogP contribution in [-0.4, -0.2) is 21.2 Å². The minimum atomic E-state index is -1.09. The van der Waals surface area contributed by atoms with E-state index >= 15 is 0 Å². The Labute approximate surface area is 60.8 Å². The third kappa shape index (κ3) is 1.14. The summed E-state index contributed by atoms with van der Waals surface area (Å²) in [6.45, 7) is -0.258. The first kappa shape index (κ1) is 7.17. The number of nitrogens with zero attached hydrogens (tertiary/aromatic N) is 1. The van der Waals surface area contributed by atoms with Crippen molar-refractivity contribution in [2.24, 2.45) is 0 Å². The third-order valence-corrected chi connectivity index (χ3v) is 1.80. The molecule has 0 fully saturated rings. The number of aliphatic hydroxyl groups excluding tert-OH is 1. The van der Waals surface area contributed by atoms with Gasteiger partial charge < -0.3 is 10.2 Å². The van der Waals surface area contributed by atoms with E-state index in [1.54, 1.807) is 0 Å². The molecule has 5 heteroatoms. The standard InChI is InChI=1S/C5H5NO3S/c7-1-3-4(5(8)9)6-2-10-3/h2,7H,1H2,(H,8,9). The molecule has 1 aromatic rings. The number of rotatable bonds is 2. The Bertz CT molecular complexity index is 245. The fourth-order valence-corrected chi connectivity index (χ4v) is 1.17. The quantitative estimate of drug-likeness (QED) is 0.652. The van der Waals surface area contributed by atoms with Gasteiger partial charge >= 0.3 is 5.97 Å². The Morgan fingerprint density at radius 3 is 2.90 bits per heavy atom. The molecule has 0 aliphatic rings.